The number of hydrogen-bond donors (Lipinski definition) is 1. The zero-order valence-electron chi connectivity index (χ0n) is 13.9. The van der Waals surface area contributed by atoms with Gasteiger partial charge in [-0.25, -0.2) is 9.97 Å². The number of benzene rings is 1. The molecule has 0 atom stereocenters. The first-order valence-corrected chi connectivity index (χ1v) is 8.83. The molecule has 1 saturated heterocycles. The fourth-order valence-electron chi connectivity index (χ4n) is 2.65. The van der Waals surface area contributed by atoms with E-state index in [-0.39, 0.29) is 23.0 Å². The van der Waals surface area contributed by atoms with E-state index in [2.05, 4.69) is 15.3 Å². The lowest BCUT2D eigenvalue weighted by atomic mass is 10.2. The van der Waals surface area contributed by atoms with E-state index in [0.29, 0.717) is 37.1 Å². The predicted octanol–water partition coefficient (Wildman–Crippen LogP) is 1.86. The van der Waals surface area contributed by atoms with Crippen molar-refractivity contribution in [3.05, 3.63) is 52.3 Å². The Labute approximate surface area is 160 Å². The van der Waals surface area contributed by atoms with Crippen molar-refractivity contribution in [3.63, 3.8) is 0 Å². The number of piperazine rings is 1. The van der Waals surface area contributed by atoms with Gasteiger partial charge in [0.15, 0.2) is 0 Å². The molecule has 0 radical (unpaired) electrons. The van der Waals surface area contributed by atoms with Gasteiger partial charge in [0.1, 0.15) is 0 Å². The van der Waals surface area contributed by atoms with Gasteiger partial charge in [-0.2, -0.15) is 0 Å². The number of aromatic nitrogens is 2. The summed E-state index contributed by atoms with van der Waals surface area (Å²) >= 11 is 11.8. The van der Waals surface area contributed by atoms with Gasteiger partial charge >= 0.3 is 0 Å². The molecule has 1 aromatic carbocycles. The normalized spacial score (nSPS) is 14.2. The minimum atomic E-state index is -0.406. The summed E-state index contributed by atoms with van der Waals surface area (Å²) in [6.45, 7) is 2.31. The summed E-state index contributed by atoms with van der Waals surface area (Å²) in [5.41, 5.74) is 0.287. The fourth-order valence-corrected chi connectivity index (χ4v) is 3.14. The van der Waals surface area contributed by atoms with E-state index in [1.54, 1.807) is 29.4 Å². The number of rotatable bonds is 4. The van der Waals surface area contributed by atoms with Gasteiger partial charge in [0, 0.05) is 43.6 Å². The molecule has 0 aliphatic carbocycles. The molecular weight excluding hydrogens is 377 g/mol. The van der Waals surface area contributed by atoms with Crippen LogP contribution in [0.25, 0.3) is 0 Å². The Bertz CT molecular complexity index is 795. The van der Waals surface area contributed by atoms with Gasteiger partial charge < -0.3 is 15.1 Å². The number of anilines is 1. The van der Waals surface area contributed by atoms with Crippen LogP contribution in [0.2, 0.25) is 10.0 Å². The summed E-state index contributed by atoms with van der Waals surface area (Å²) in [6, 6.07) is 6.36. The number of carbonyl (C=O) groups is 2. The van der Waals surface area contributed by atoms with Crippen LogP contribution in [-0.4, -0.2) is 59.4 Å². The number of carbonyl (C=O) groups excluding carboxylic acids is 2. The second-order valence-corrected chi connectivity index (χ2v) is 6.57. The molecule has 1 fully saturated rings. The first-order chi connectivity index (χ1) is 12.5. The first-order valence-electron chi connectivity index (χ1n) is 8.07. The molecule has 1 aromatic heterocycles. The molecule has 26 heavy (non-hydrogen) atoms. The lowest BCUT2D eigenvalue weighted by Gasteiger charge is -2.34. The third-order valence-electron chi connectivity index (χ3n) is 4.04. The SMILES string of the molecule is O=C(NCC(=O)N1CCN(c2ncccn2)CC1)c1ccc(Cl)cc1Cl. The Morgan fingerprint density at radius 3 is 2.42 bits per heavy atom. The van der Waals surface area contributed by atoms with Crippen LogP contribution in [0.15, 0.2) is 36.7 Å². The van der Waals surface area contributed by atoms with Gasteiger partial charge in [0.05, 0.1) is 17.1 Å². The van der Waals surface area contributed by atoms with Crippen LogP contribution in [0.1, 0.15) is 10.4 Å². The van der Waals surface area contributed by atoms with Gasteiger partial charge in [-0.15, -0.1) is 0 Å². The molecule has 2 aromatic rings. The molecule has 0 bridgehead atoms. The first kappa shape index (κ1) is 18.4. The number of hydrogen-bond acceptors (Lipinski definition) is 5. The second-order valence-electron chi connectivity index (χ2n) is 5.72. The number of amides is 2. The molecule has 0 unspecified atom stereocenters. The van der Waals surface area contributed by atoms with Gasteiger partial charge in [-0.3, -0.25) is 9.59 Å². The molecule has 1 N–H and O–H groups in total. The third kappa shape index (κ3) is 4.42. The predicted molar refractivity (Wildman–Crippen MR) is 99.6 cm³/mol. The molecule has 2 heterocycles. The average Bonchev–Trinajstić information content (AvgIpc) is 2.66. The zero-order chi connectivity index (χ0) is 18.5. The molecule has 0 spiro atoms. The summed E-state index contributed by atoms with van der Waals surface area (Å²) < 4.78 is 0. The lowest BCUT2D eigenvalue weighted by molar-refractivity contribution is -0.130. The second kappa shape index (κ2) is 8.33. The van der Waals surface area contributed by atoms with Crippen LogP contribution >= 0.6 is 23.2 Å². The smallest absolute Gasteiger partial charge is 0.253 e. The summed E-state index contributed by atoms with van der Waals surface area (Å²) in [5, 5.41) is 3.30. The van der Waals surface area contributed by atoms with Crippen LogP contribution in [0, 0.1) is 0 Å². The van der Waals surface area contributed by atoms with Crippen LogP contribution < -0.4 is 10.2 Å². The maximum absolute atomic E-state index is 12.3. The van der Waals surface area contributed by atoms with E-state index in [4.69, 9.17) is 23.2 Å². The zero-order valence-corrected chi connectivity index (χ0v) is 15.4. The van der Waals surface area contributed by atoms with Gasteiger partial charge in [-0.1, -0.05) is 23.2 Å². The summed E-state index contributed by atoms with van der Waals surface area (Å²) in [7, 11) is 0. The largest absolute Gasteiger partial charge is 0.343 e. The van der Waals surface area contributed by atoms with Crippen molar-refractivity contribution >= 4 is 41.0 Å². The minimum absolute atomic E-state index is 0.0837. The molecule has 1 aliphatic rings. The van der Waals surface area contributed by atoms with E-state index in [9.17, 15) is 9.59 Å². The van der Waals surface area contributed by atoms with Crippen LogP contribution in [0.5, 0.6) is 0 Å². The molecular formula is C17H17Cl2N5O2. The highest BCUT2D eigenvalue weighted by Gasteiger charge is 2.23. The molecule has 9 heteroatoms. The lowest BCUT2D eigenvalue weighted by Crippen LogP contribution is -2.51. The summed E-state index contributed by atoms with van der Waals surface area (Å²) in [5.74, 6) is 0.110. The number of halogens is 2. The van der Waals surface area contributed by atoms with Crippen molar-refractivity contribution in [2.24, 2.45) is 0 Å². The Morgan fingerprint density at radius 2 is 1.77 bits per heavy atom. The van der Waals surface area contributed by atoms with Gasteiger partial charge in [0.2, 0.25) is 11.9 Å². The standard InChI is InChI=1S/C17H17Cl2N5O2/c18-12-2-3-13(14(19)10-12)16(26)22-11-15(25)23-6-8-24(9-7-23)17-20-4-1-5-21-17/h1-5,10H,6-9,11H2,(H,22,26). The fraction of sp³-hybridized carbons (Fsp3) is 0.294. The van der Waals surface area contributed by atoms with Crippen molar-refractivity contribution < 1.29 is 9.59 Å². The van der Waals surface area contributed by atoms with Crippen LogP contribution in [0.4, 0.5) is 5.95 Å². The maximum Gasteiger partial charge on any atom is 0.253 e. The summed E-state index contributed by atoms with van der Waals surface area (Å²) in [4.78, 5) is 36.7. The Morgan fingerprint density at radius 1 is 1.08 bits per heavy atom. The minimum Gasteiger partial charge on any atom is -0.343 e. The van der Waals surface area contributed by atoms with Gasteiger partial charge in [-0.05, 0) is 24.3 Å². The molecule has 136 valence electrons. The van der Waals surface area contributed by atoms with E-state index < -0.39 is 5.91 Å². The monoisotopic (exact) mass is 393 g/mol. The van der Waals surface area contributed by atoms with Crippen molar-refractivity contribution in [1.82, 2.24) is 20.2 Å². The Kier molecular flexibility index (Phi) is 5.90. The van der Waals surface area contributed by atoms with Crippen molar-refractivity contribution in [2.75, 3.05) is 37.6 Å². The molecule has 7 nitrogen and oxygen atoms in total. The van der Waals surface area contributed by atoms with Crippen molar-refractivity contribution in [3.8, 4) is 0 Å². The van der Waals surface area contributed by atoms with E-state index in [1.807, 2.05) is 4.90 Å². The molecule has 1 aliphatic heterocycles. The Balaban J connectivity index is 1.49. The Hall–Kier alpha value is -2.38. The summed E-state index contributed by atoms with van der Waals surface area (Å²) in [6.07, 6.45) is 3.38. The van der Waals surface area contributed by atoms with Crippen LogP contribution in [-0.2, 0) is 4.79 Å². The van der Waals surface area contributed by atoms with E-state index in [0.717, 1.165) is 0 Å². The van der Waals surface area contributed by atoms with Crippen LogP contribution in [0.3, 0.4) is 0 Å². The highest BCUT2D eigenvalue weighted by atomic mass is 35.5. The topological polar surface area (TPSA) is 78.4 Å². The van der Waals surface area contributed by atoms with E-state index >= 15 is 0 Å². The highest BCUT2D eigenvalue weighted by Crippen LogP contribution is 2.20. The average molecular weight is 394 g/mol. The molecule has 3 rings (SSSR count). The number of nitrogens with zero attached hydrogens (tertiary/aromatic N) is 4. The quantitative estimate of drug-likeness (QED) is 0.857. The number of nitrogens with one attached hydrogen (secondary N) is 1. The van der Waals surface area contributed by atoms with Gasteiger partial charge in [0.25, 0.3) is 5.91 Å². The maximum atomic E-state index is 12.3. The van der Waals surface area contributed by atoms with E-state index in [1.165, 1.54) is 12.1 Å². The van der Waals surface area contributed by atoms with Crippen molar-refractivity contribution in [1.29, 1.82) is 0 Å². The highest BCUT2D eigenvalue weighted by molar-refractivity contribution is 6.36. The molecule has 2 amide bonds. The van der Waals surface area contributed by atoms with Crippen molar-refractivity contribution in [2.45, 2.75) is 0 Å². The molecule has 0 saturated carbocycles. The third-order valence-corrected chi connectivity index (χ3v) is 4.59.